The van der Waals surface area contributed by atoms with Gasteiger partial charge in [-0.25, -0.2) is 9.18 Å². The van der Waals surface area contributed by atoms with Gasteiger partial charge in [0.2, 0.25) is 0 Å². The molecule has 98 valence electrons. The van der Waals surface area contributed by atoms with Crippen LogP contribution in [0.15, 0.2) is 42.6 Å². The van der Waals surface area contributed by atoms with Crippen LogP contribution in [-0.4, -0.2) is 23.1 Å². The maximum Gasteiger partial charge on any atom is 0.337 e. The molecule has 2 rings (SSSR count). The number of pyridine rings is 1. The number of aromatic nitrogens is 1. The van der Waals surface area contributed by atoms with Crippen molar-refractivity contribution in [1.29, 1.82) is 0 Å². The Morgan fingerprint density at radius 2 is 2.05 bits per heavy atom. The normalized spacial score (nSPS) is 10.2. The maximum atomic E-state index is 13.6. The first-order valence-electron chi connectivity index (χ1n) is 5.72. The number of carboxylic acids is 1. The summed E-state index contributed by atoms with van der Waals surface area (Å²) < 4.78 is 13.6. The number of para-hydroxylation sites is 1. The molecular formula is C14H13FN2O2. The summed E-state index contributed by atoms with van der Waals surface area (Å²) in [5.74, 6) is -1.31. The first-order chi connectivity index (χ1) is 9.08. The fraction of sp³-hybridized carbons (Fsp3) is 0.143. The zero-order valence-electron chi connectivity index (χ0n) is 10.4. The van der Waals surface area contributed by atoms with E-state index in [1.54, 1.807) is 36.2 Å². The van der Waals surface area contributed by atoms with E-state index in [2.05, 4.69) is 4.98 Å². The van der Waals surface area contributed by atoms with Crippen molar-refractivity contribution < 1.29 is 14.3 Å². The van der Waals surface area contributed by atoms with Crippen molar-refractivity contribution in [2.24, 2.45) is 0 Å². The van der Waals surface area contributed by atoms with E-state index in [1.165, 1.54) is 18.3 Å². The molecule has 0 saturated carbocycles. The smallest absolute Gasteiger partial charge is 0.337 e. The summed E-state index contributed by atoms with van der Waals surface area (Å²) in [5.41, 5.74) is 1.29. The van der Waals surface area contributed by atoms with Gasteiger partial charge in [-0.15, -0.1) is 0 Å². The van der Waals surface area contributed by atoms with Crippen LogP contribution in [0.2, 0.25) is 0 Å². The molecule has 0 aliphatic rings. The maximum absolute atomic E-state index is 13.6. The summed E-state index contributed by atoms with van der Waals surface area (Å²) >= 11 is 0. The number of carbonyl (C=O) groups is 1. The van der Waals surface area contributed by atoms with Crippen molar-refractivity contribution in [3.8, 4) is 0 Å². The molecule has 0 fully saturated rings. The van der Waals surface area contributed by atoms with Gasteiger partial charge in [0, 0.05) is 13.2 Å². The third-order valence-electron chi connectivity index (χ3n) is 2.73. The Balaban J connectivity index is 2.13. The minimum Gasteiger partial charge on any atom is -0.478 e. The van der Waals surface area contributed by atoms with Gasteiger partial charge in [-0.1, -0.05) is 12.1 Å². The average molecular weight is 260 g/mol. The number of benzene rings is 1. The van der Waals surface area contributed by atoms with Crippen molar-refractivity contribution in [3.63, 3.8) is 0 Å². The molecule has 0 unspecified atom stereocenters. The van der Waals surface area contributed by atoms with Crippen LogP contribution in [0.1, 0.15) is 16.1 Å². The molecule has 1 heterocycles. The lowest BCUT2D eigenvalue weighted by molar-refractivity contribution is 0.0696. The quantitative estimate of drug-likeness (QED) is 0.917. The van der Waals surface area contributed by atoms with Crippen molar-refractivity contribution in [1.82, 2.24) is 4.98 Å². The molecule has 1 aromatic carbocycles. The van der Waals surface area contributed by atoms with E-state index < -0.39 is 5.97 Å². The van der Waals surface area contributed by atoms with E-state index in [0.717, 1.165) is 0 Å². The highest BCUT2D eigenvalue weighted by Crippen LogP contribution is 2.18. The van der Waals surface area contributed by atoms with Crippen LogP contribution in [0.3, 0.4) is 0 Å². The zero-order valence-corrected chi connectivity index (χ0v) is 10.4. The van der Waals surface area contributed by atoms with Crippen LogP contribution in [-0.2, 0) is 6.54 Å². The van der Waals surface area contributed by atoms with E-state index in [0.29, 0.717) is 17.9 Å². The van der Waals surface area contributed by atoms with Gasteiger partial charge in [0.05, 0.1) is 23.5 Å². The molecule has 2 aromatic rings. The topological polar surface area (TPSA) is 53.4 Å². The number of hydrogen-bond donors (Lipinski definition) is 1. The summed E-state index contributed by atoms with van der Waals surface area (Å²) in [6.07, 6.45) is 1.30. The predicted octanol–water partition coefficient (Wildman–Crippen LogP) is 2.56. The van der Waals surface area contributed by atoms with Crippen LogP contribution in [0.4, 0.5) is 10.1 Å². The zero-order chi connectivity index (χ0) is 13.8. The molecule has 0 bridgehead atoms. The van der Waals surface area contributed by atoms with E-state index in [1.807, 2.05) is 0 Å². The highest BCUT2D eigenvalue weighted by molar-refractivity contribution is 5.87. The van der Waals surface area contributed by atoms with Crippen LogP contribution in [0.5, 0.6) is 0 Å². The molecule has 0 aliphatic heterocycles. The molecule has 1 N–H and O–H groups in total. The minimum absolute atomic E-state index is 0.136. The molecule has 0 spiro atoms. The highest BCUT2D eigenvalue weighted by Gasteiger charge is 2.08. The first kappa shape index (κ1) is 13.0. The van der Waals surface area contributed by atoms with Crippen molar-refractivity contribution in [2.75, 3.05) is 11.9 Å². The van der Waals surface area contributed by atoms with Crippen molar-refractivity contribution in [2.45, 2.75) is 6.54 Å². The molecule has 0 radical (unpaired) electrons. The lowest BCUT2D eigenvalue weighted by atomic mass is 10.2. The van der Waals surface area contributed by atoms with Gasteiger partial charge in [0.1, 0.15) is 5.82 Å². The summed E-state index contributed by atoms with van der Waals surface area (Å²) in [6.45, 7) is 0.404. The molecule has 0 aliphatic carbocycles. The van der Waals surface area contributed by atoms with Gasteiger partial charge in [0.25, 0.3) is 0 Å². The Kier molecular flexibility index (Phi) is 3.75. The summed E-state index contributed by atoms with van der Waals surface area (Å²) in [6, 6.07) is 9.58. The predicted molar refractivity (Wildman–Crippen MR) is 69.7 cm³/mol. The number of rotatable bonds is 4. The SMILES string of the molecule is CN(Cc1ccc(C(=O)O)cn1)c1ccccc1F. The van der Waals surface area contributed by atoms with E-state index >= 15 is 0 Å². The molecule has 0 saturated heterocycles. The fourth-order valence-electron chi connectivity index (χ4n) is 1.73. The summed E-state index contributed by atoms with van der Waals surface area (Å²) in [4.78, 5) is 16.5. The molecule has 0 amide bonds. The third kappa shape index (κ3) is 3.07. The molecule has 5 heteroatoms. The second-order valence-corrected chi connectivity index (χ2v) is 4.15. The Morgan fingerprint density at radius 3 is 2.63 bits per heavy atom. The highest BCUT2D eigenvalue weighted by atomic mass is 19.1. The van der Waals surface area contributed by atoms with Crippen LogP contribution < -0.4 is 4.90 Å². The Labute approximate surface area is 110 Å². The van der Waals surface area contributed by atoms with Crippen LogP contribution in [0.25, 0.3) is 0 Å². The molecule has 4 nitrogen and oxygen atoms in total. The van der Waals surface area contributed by atoms with Crippen molar-refractivity contribution >= 4 is 11.7 Å². The van der Waals surface area contributed by atoms with Gasteiger partial charge >= 0.3 is 5.97 Å². The largest absolute Gasteiger partial charge is 0.478 e. The van der Waals surface area contributed by atoms with Gasteiger partial charge in [-0.3, -0.25) is 4.98 Å². The summed E-state index contributed by atoms with van der Waals surface area (Å²) in [7, 11) is 1.76. The number of carboxylic acid groups (broad SMARTS) is 1. The number of aromatic carboxylic acids is 1. The second-order valence-electron chi connectivity index (χ2n) is 4.15. The van der Waals surface area contributed by atoms with E-state index in [-0.39, 0.29) is 11.4 Å². The lowest BCUT2D eigenvalue weighted by Crippen LogP contribution is -2.18. The standard InChI is InChI=1S/C14H13FN2O2/c1-17(13-5-3-2-4-12(13)15)9-11-7-6-10(8-16-11)14(18)19/h2-8H,9H2,1H3,(H,18,19). The lowest BCUT2D eigenvalue weighted by Gasteiger charge is -2.19. The van der Waals surface area contributed by atoms with Crippen molar-refractivity contribution in [3.05, 3.63) is 59.7 Å². The first-order valence-corrected chi connectivity index (χ1v) is 5.72. The number of anilines is 1. The van der Waals surface area contributed by atoms with Crippen LogP contribution >= 0.6 is 0 Å². The van der Waals surface area contributed by atoms with Gasteiger partial charge in [0.15, 0.2) is 0 Å². The molecular weight excluding hydrogens is 247 g/mol. The van der Waals surface area contributed by atoms with E-state index in [4.69, 9.17) is 5.11 Å². The number of halogens is 1. The Morgan fingerprint density at radius 1 is 1.32 bits per heavy atom. The average Bonchev–Trinajstić information content (AvgIpc) is 2.39. The fourth-order valence-corrected chi connectivity index (χ4v) is 1.73. The monoisotopic (exact) mass is 260 g/mol. The Bertz CT molecular complexity index is 584. The minimum atomic E-state index is -1.01. The van der Waals surface area contributed by atoms with E-state index in [9.17, 15) is 9.18 Å². The second kappa shape index (κ2) is 5.48. The Hall–Kier alpha value is -2.43. The summed E-state index contributed by atoms with van der Waals surface area (Å²) in [5, 5.41) is 8.77. The molecule has 0 atom stereocenters. The number of nitrogens with zero attached hydrogens (tertiary/aromatic N) is 2. The van der Waals surface area contributed by atoms with Gasteiger partial charge in [-0.2, -0.15) is 0 Å². The van der Waals surface area contributed by atoms with Gasteiger partial charge in [-0.05, 0) is 24.3 Å². The van der Waals surface area contributed by atoms with Gasteiger partial charge < -0.3 is 10.0 Å². The number of hydrogen-bond acceptors (Lipinski definition) is 3. The molecule has 1 aromatic heterocycles. The van der Waals surface area contributed by atoms with Crippen LogP contribution in [0, 0.1) is 5.82 Å². The molecule has 19 heavy (non-hydrogen) atoms. The third-order valence-corrected chi connectivity index (χ3v) is 2.73.